The van der Waals surface area contributed by atoms with Gasteiger partial charge in [-0.2, -0.15) is 0 Å². The maximum absolute atomic E-state index is 10.4. The Kier molecular flexibility index (Phi) is 5.77. The molecule has 1 rings (SSSR count). The van der Waals surface area contributed by atoms with Gasteiger partial charge in [-0.1, -0.05) is 27.2 Å². The topological polar surface area (TPSA) is 32.3 Å². The highest BCUT2D eigenvalue weighted by Crippen LogP contribution is 2.31. The van der Waals surface area contributed by atoms with E-state index in [9.17, 15) is 5.11 Å². The van der Waals surface area contributed by atoms with E-state index < -0.39 is 5.60 Å². The fourth-order valence-corrected chi connectivity index (χ4v) is 2.62. The van der Waals surface area contributed by atoms with Gasteiger partial charge in [0.05, 0.1) is 5.60 Å². The molecule has 1 aliphatic carbocycles. The SMILES string of the molecule is CCCC(C)CNCC1(O)CCC(C)CC1. The second-order valence-electron chi connectivity index (χ2n) is 5.93. The molecule has 0 saturated heterocycles. The Morgan fingerprint density at radius 2 is 2.00 bits per heavy atom. The van der Waals surface area contributed by atoms with Gasteiger partial charge in [0.25, 0.3) is 0 Å². The van der Waals surface area contributed by atoms with Gasteiger partial charge in [0.1, 0.15) is 0 Å². The highest BCUT2D eigenvalue weighted by atomic mass is 16.3. The summed E-state index contributed by atoms with van der Waals surface area (Å²) in [6, 6.07) is 0. The summed E-state index contributed by atoms with van der Waals surface area (Å²) in [5, 5.41) is 13.8. The summed E-state index contributed by atoms with van der Waals surface area (Å²) in [5.41, 5.74) is -0.418. The third-order valence-corrected chi connectivity index (χ3v) is 3.93. The van der Waals surface area contributed by atoms with E-state index >= 15 is 0 Å². The van der Waals surface area contributed by atoms with Crippen LogP contribution in [-0.2, 0) is 0 Å². The van der Waals surface area contributed by atoms with Gasteiger partial charge in [-0.15, -0.1) is 0 Å². The van der Waals surface area contributed by atoms with Crippen molar-refractivity contribution in [3.8, 4) is 0 Å². The minimum Gasteiger partial charge on any atom is -0.389 e. The lowest BCUT2D eigenvalue weighted by Gasteiger charge is -2.35. The molecule has 0 aromatic heterocycles. The first-order chi connectivity index (χ1) is 7.56. The van der Waals surface area contributed by atoms with Crippen molar-refractivity contribution in [2.75, 3.05) is 13.1 Å². The normalized spacial score (nSPS) is 32.6. The van der Waals surface area contributed by atoms with Gasteiger partial charge in [-0.05, 0) is 50.5 Å². The smallest absolute Gasteiger partial charge is 0.0771 e. The van der Waals surface area contributed by atoms with Gasteiger partial charge in [-0.3, -0.25) is 0 Å². The van der Waals surface area contributed by atoms with Crippen LogP contribution in [0.4, 0.5) is 0 Å². The molecule has 1 unspecified atom stereocenters. The first kappa shape index (κ1) is 14.0. The zero-order chi connectivity index (χ0) is 12.0. The van der Waals surface area contributed by atoms with Crippen molar-refractivity contribution in [2.24, 2.45) is 11.8 Å². The summed E-state index contributed by atoms with van der Waals surface area (Å²) in [5.74, 6) is 1.54. The molecule has 1 atom stereocenters. The predicted molar refractivity (Wildman–Crippen MR) is 69.5 cm³/mol. The molecule has 96 valence electrons. The van der Waals surface area contributed by atoms with E-state index in [0.29, 0.717) is 0 Å². The number of aliphatic hydroxyl groups is 1. The van der Waals surface area contributed by atoms with E-state index in [0.717, 1.165) is 37.8 Å². The number of hydrogen-bond donors (Lipinski definition) is 2. The summed E-state index contributed by atoms with van der Waals surface area (Å²) in [6.45, 7) is 8.63. The molecule has 0 aliphatic heterocycles. The van der Waals surface area contributed by atoms with Gasteiger partial charge >= 0.3 is 0 Å². The van der Waals surface area contributed by atoms with Crippen LogP contribution in [0, 0.1) is 11.8 Å². The van der Waals surface area contributed by atoms with Crippen molar-refractivity contribution in [3.05, 3.63) is 0 Å². The van der Waals surface area contributed by atoms with E-state index in [1.165, 1.54) is 25.7 Å². The maximum Gasteiger partial charge on any atom is 0.0771 e. The molecule has 2 N–H and O–H groups in total. The molecule has 0 amide bonds. The second kappa shape index (κ2) is 6.61. The average Bonchev–Trinajstić information content (AvgIpc) is 2.23. The Bertz CT molecular complexity index is 185. The van der Waals surface area contributed by atoms with Gasteiger partial charge in [0, 0.05) is 6.54 Å². The summed E-state index contributed by atoms with van der Waals surface area (Å²) in [6.07, 6.45) is 6.85. The van der Waals surface area contributed by atoms with Crippen LogP contribution in [0.15, 0.2) is 0 Å². The monoisotopic (exact) mass is 227 g/mol. The highest BCUT2D eigenvalue weighted by molar-refractivity contribution is 4.86. The van der Waals surface area contributed by atoms with Crippen LogP contribution in [0.2, 0.25) is 0 Å². The average molecular weight is 227 g/mol. The second-order valence-corrected chi connectivity index (χ2v) is 5.93. The molecule has 0 aromatic carbocycles. The number of nitrogens with one attached hydrogen (secondary N) is 1. The van der Waals surface area contributed by atoms with E-state index in [1.807, 2.05) is 0 Å². The highest BCUT2D eigenvalue weighted by Gasteiger charge is 2.31. The zero-order valence-corrected chi connectivity index (χ0v) is 11.3. The van der Waals surface area contributed by atoms with Crippen molar-refractivity contribution in [1.82, 2.24) is 5.32 Å². The van der Waals surface area contributed by atoms with Crippen molar-refractivity contribution in [3.63, 3.8) is 0 Å². The first-order valence-electron chi connectivity index (χ1n) is 6.99. The van der Waals surface area contributed by atoms with Crippen molar-refractivity contribution in [2.45, 2.75) is 64.9 Å². The molecule has 0 aromatic rings. The fourth-order valence-electron chi connectivity index (χ4n) is 2.62. The molecule has 0 bridgehead atoms. The molecule has 1 saturated carbocycles. The maximum atomic E-state index is 10.4. The van der Waals surface area contributed by atoms with E-state index in [-0.39, 0.29) is 0 Å². The number of hydrogen-bond acceptors (Lipinski definition) is 2. The minimum atomic E-state index is -0.418. The van der Waals surface area contributed by atoms with Crippen LogP contribution in [-0.4, -0.2) is 23.8 Å². The Hall–Kier alpha value is -0.0800. The summed E-state index contributed by atoms with van der Waals surface area (Å²) in [7, 11) is 0. The third kappa shape index (κ3) is 4.84. The molecule has 0 heterocycles. The minimum absolute atomic E-state index is 0.418. The standard InChI is InChI=1S/C14H29NO/c1-4-5-13(3)10-15-11-14(16)8-6-12(2)7-9-14/h12-13,15-16H,4-11H2,1-3H3. The van der Waals surface area contributed by atoms with Crippen LogP contribution in [0.25, 0.3) is 0 Å². The largest absolute Gasteiger partial charge is 0.389 e. The lowest BCUT2D eigenvalue weighted by molar-refractivity contribution is -0.00653. The van der Waals surface area contributed by atoms with Gasteiger partial charge in [-0.25, -0.2) is 0 Å². The van der Waals surface area contributed by atoms with Crippen molar-refractivity contribution in [1.29, 1.82) is 0 Å². The lowest BCUT2D eigenvalue weighted by Crippen LogP contribution is -2.44. The Morgan fingerprint density at radius 3 is 2.56 bits per heavy atom. The first-order valence-corrected chi connectivity index (χ1v) is 6.99. The van der Waals surface area contributed by atoms with Gasteiger partial charge in [0.2, 0.25) is 0 Å². The molecule has 2 nitrogen and oxygen atoms in total. The fraction of sp³-hybridized carbons (Fsp3) is 1.00. The van der Waals surface area contributed by atoms with Crippen LogP contribution >= 0.6 is 0 Å². The molecular formula is C14H29NO. The Balaban J connectivity index is 2.16. The van der Waals surface area contributed by atoms with Crippen LogP contribution in [0.3, 0.4) is 0 Å². The van der Waals surface area contributed by atoms with Crippen molar-refractivity contribution >= 4 is 0 Å². The molecule has 2 heteroatoms. The Morgan fingerprint density at radius 1 is 1.38 bits per heavy atom. The molecule has 16 heavy (non-hydrogen) atoms. The number of rotatable bonds is 6. The summed E-state index contributed by atoms with van der Waals surface area (Å²) >= 11 is 0. The van der Waals surface area contributed by atoms with E-state index in [2.05, 4.69) is 26.1 Å². The Labute approximate surface area is 101 Å². The van der Waals surface area contributed by atoms with Crippen LogP contribution < -0.4 is 5.32 Å². The summed E-state index contributed by atoms with van der Waals surface area (Å²) in [4.78, 5) is 0. The summed E-state index contributed by atoms with van der Waals surface area (Å²) < 4.78 is 0. The molecule has 1 aliphatic rings. The molecule has 1 fully saturated rings. The van der Waals surface area contributed by atoms with Gasteiger partial charge in [0.15, 0.2) is 0 Å². The van der Waals surface area contributed by atoms with E-state index in [1.54, 1.807) is 0 Å². The van der Waals surface area contributed by atoms with Crippen molar-refractivity contribution < 1.29 is 5.11 Å². The predicted octanol–water partition coefficient (Wildman–Crippen LogP) is 2.95. The van der Waals surface area contributed by atoms with Crippen LogP contribution in [0.5, 0.6) is 0 Å². The third-order valence-electron chi connectivity index (χ3n) is 3.93. The van der Waals surface area contributed by atoms with Crippen LogP contribution in [0.1, 0.15) is 59.3 Å². The zero-order valence-electron chi connectivity index (χ0n) is 11.3. The van der Waals surface area contributed by atoms with Gasteiger partial charge < -0.3 is 10.4 Å². The molecular weight excluding hydrogens is 198 g/mol. The quantitative estimate of drug-likeness (QED) is 0.731. The molecule has 0 spiro atoms. The van der Waals surface area contributed by atoms with E-state index in [4.69, 9.17) is 0 Å². The lowest BCUT2D eigenvalue weighted by atomic mass is 9.79. The molecule has 0 radical (unpaired) electrons.